The molecule has 1 aliphatic rings. The Balaban J connectivity index is 1.96. The minimum Gasteiger partial charge on any atom is -0.379 e. The van der Waals surface area contributed by atoms with Crippen molar-refractivity contribution in [3.05, 3.63) is 6.33 Å². The Labute approximate surface area is 111 Å². The van der Waals surface area contributed by atoms with Crippen molar-refractivity contribution < 1.29 is 4.74 Å². The fraction of sp³-hybridized carbons (Fsp3) is 0.583. The van der Waals surface area contributed by atoms with Crippen molar-refractivity contribution in [1.29, 1.82) is 0 Å². The number of rotatable bonds is 3. The highest BCUT2D eigenvalue weighted by molar-refractivity contribution is 5.84. The zero-order valence-electron chi connectivity index (χ0n) is 11.2. The van der Waals surface area contributed by atoms with Gasteiger partial charge in [0.05, 0.1) is 18.5 Å². The van der Waals surface area contributed by atoms with Gasteiger partial charge < -0.3 is 20.4 Å². The first kappa shape index (κ1) is 12.2. The second-order valence-corrected chi connectivity index (χ2v) is 5.09. The summed E-state index contributed by atoms with van der Waals surface area (Å²) >= 11 is 0. The number of hydrogen-bond donors (Lipinski definition) is 3. The quantitative estimate of drug-likeness (QED) is 0.774. The number of imidazole rings is 1. The third-order valence-corrected chi connectivity index (χ3v) is 3.37. The molecule has 7 nitrogen and oxygen atoms in total. The number of H-pyrrole nitrogens is 1. The fourth-order valence-corrected chi connectivity index (χ4v) is 2.35. The van der Waals surface area contributed by atoms with Crippen LogP contribution in [0.15, 0.2) is 6.33 Å². The maximum absolute atomic E-state index is 5.56. The van der Waals surface area contributed by atoms with Gasteiger partial charge in [-0.25, -0.2) is 4.98 Å². The summed E-state index contributed by atoms with van der Waals surface area (Å²) in [5.41, 5.74) is 1.38. The Morgan fingerprint density at radius 3 is 3.05 bits per heavy atom. The van der Waals surface area contributed by atoms with Gasteiger partial charge >= 0.3 is 0 Å². The van der Waals surface area contributed by atoms with E-state index >= 15 is 0 Å². The van der Waals surface area contributed by atoms with Gasteiger partial charge in [0.1, 0.15) is 5.52 Å². The number of anilines is 2. The first-order valence-corrected chi connectivity index (χ1v) is 6.45. The third-order valence-electron chi connectivity index (χ3n) is 3.37. The minimum atomic E-state index is -0.102. The molecule has 1 saturated heterocycles. The van der Waals surface area contributed by atoms with Crippen LogP contribution in [0.25, 0.3) is 11.2 Å². The van der Waals surface area contributed by atoms with Crippen LogP contribution in [0.3, 0.4) is 0 Å². The van der Waals surface area contributed by atoms with Crippen LogP contribution in [0.2, 0.25) is 0 Å². The molecule has 0 radical (unpaired) electrons. The lowest BCUT2D eigenvalue weighted by atomic mass is 9.95. The summed E-state index contributed by atoms with van der Waals surface area (Å²) in [6.07, 6.45) is 3.74. The van der Waals surface area contributed by atoms with E-state index in [2.05, 4.69) is 37.5 Å². The molecule has 1 fully saturated rings. The van der Waals surface area contributed by atoms with Crippen LogP contribution in [0.5, 0.6) is 0 Å². The summed E-state index contributed by atoms with van der Waals surface area (Å²) in [6.45, 7) is 3.67. The van der Waals surface area contributed by atoms with Gasteiger partial charge in [0.25, 0.3) is 0 Å². The summed E-state index contributed by atoms with van der Waals surface area (Å²) < 4.78 is 5.56. The molecule has 102 valence electrons. The number of nitrogens with zero attached hydrogens (tertiary/aromatic N) is 3. The SMILES string of the molecule is CNc1nc(NC2(C)CCCOC2)c2[nH]cnc2n1. The van der Waals surface area contributed by atoms with Crippen molar-refractivity contribution in [2.45, 2.75) is 25.3 Å². The van der Waals surface area contributed by atoms with Crippen LogP contribution in [0, 0.1) is 0 Å². The molecule has 3 rings (SSSR count). The van der Waals surface area contributed by atoms with Crippen molar-refractivity contribution >= 4 is 22.9 Å². The molecule has 0 saturated carbocycles. The van der Waals surface area contributed by atoms with Gasteiger partial charge in [0.2, 0.25) is 5.95 Å². The van der Waals surface area contributed by atoms with Crippen molar-refractivity contribution in [2.24, 2.45) is 0 Å². The van der Waals surface area contributed by atoms with E-state index in [0.717, 1.165) is 30.8 Å². The smallest absolute Gasteiger partial charge is 0.226 e. The summed E-state index contributed by atoms with van der Waals surface area (Å²) in [5, 5.41) is 6.43. The average molecular weight is 262 g/mol. The number of hydrogen-bond acceptors (Lipinski definition) is 6. The number of ether oxygens (including phenoxy) is 1. The van der Waals surface area contributed by atoms with Crippen molar-refractivity contribution in [3.8, 4) is 0 Å². The van der Waals surface area contributed by atoms with Gasteiger partial charge in [-0.3, -0.25) is 0 Å². The Bertz CT molecular complexity index is 575. The molecular weight excluding hydrogens is 244 g/mol. The van der Waals surface area contributed by atoms with E-state index < -0.39 is 0 Å². The average Bonchev–Trinajstić information content (AvgIpc) is 2.87. The van der Waals surface area contributed by atoms with Gasteiger partial charge in [0.15, 0.2) is 11.5 Å². The monoisotopic (exact) mass is 262 g/mol. The summed E-state index contributed by atoms with van der Waals surface area (Å²) in [4.78, 5) is 16.0. The molecule has 0 aromatic carbocycles. The Morgan fingerprint density at radius 2 is 2.32 bits per heavy atom. The Hall–Kier alpha value is -1.89. The molecule has 19 heavy (non-hydrogen) atoms. The summed E-state index contributed by atoms with van der Waals surface area (Å²) in [6, 6.07) is 0. The third kappa shape index (κ3) is 2.33. The predicted molar refractivity (Wildman–Crippen MR) is 73.3 cm³/mol. The molecule has 0 aliphatic carbocycles. The summed E-state index contributed by atoms with van der Waals surface area (Å²) in [7, 11) is 1.79. The normalized spacial score (nSPS) is 23.5. The van der Waals surface area contributed by atoms with Crippen LogP contribution in [-0.4, -0.2) is 45.7 Å². The molecule has 3 heterocycles. The second kappa shape index (κ2) is 4.65. The first-order valence-electron chi connectivity index (χ1n) is 6.45. The van der Waals surface area contributed by atoms with Gasteiger partial charge in [-0.15, -0.1) is 0 Å². The van der Waals surface area contributed by atoms with E-state index in [4.69, 9.17) is 4.74 Å². The number of fused-ring (bicyclic) bond motifs is 1. The predicted octanol–water partition coefficient (Wildman–Crippen LogP) is 1.38. The van der Waals surface area contributed by atoms with Crippen LogP contribution in [-0.2, 0) is 4.74 Å². The molecule has 0 amide bonds. The van der Waals surface area contributed by atoms with E-state index in [-0.39, 0.29) is 5.54 Å². The molecule has 0 bridgehead atoms. The van der Waals surface area contributed by atoms with E-state index in [0.29, 0.717) is 18.2 Å². The lowest BCUT2D eigenvalue weighted by molar-refractivity contribution is 0.0539. The van der Waals surface area contributed by atoms with Crippen LogP contribution < -0.4 is 10.6 Å². The van der Waals surface area contributed by atoms with Gasteiger partial charge in [-0.1, -0.05) is 0 Å². The van der Waals surface area contributed by atoms with Crippen LogP contribution >= 0.6 is 0 Å². The van der Waals surface area contributed by atoms with Gasteiger partial charge in [0, 0.05) is 13.7 Å². The maximum Gasteiger partial charge on any atom is 0.226 e. The highest BCUT2D eigenvalue weighted by Crippen LogP contribution is 2.26. The first-order chi connectivity index (χ1) is 9.20. The Kier molecular flexibility index (Phi) is 2.98. The minimum absolute atomic E-state index is 0.102. The topological polar surface area (TPSA) is 87.8 Å². The van der Waals surface area contributed by atoms with E-state index in [9.17, 15) is 0 Å². The molecule has 1 atom stereocenters. The van der Waals surface area contributed by atoms with E-state index in [1.54, 1.807) is 13.4 Å². The lowest BCUT2D eigenvalue weighted by Crippen LogP contribution is -2.43. The number of aromatic amines is 1. The van der Waals surface area contributed by atoms with Crippen molar-refractivity contribution in [2.75, 3.05) is 30.9 Å². The molecule has 2 aromatic rings. The van der Waals surface area contributed by atoms with E-state index in [1.807, 2.05) is 0 Å². The lowest BCUT2D eigenvalue weighted by Gasteiger charge is -2.34. The standard InChI is InChI=1S/C12H18N6O/c1-12(4-3-5-19-6-12)18-10-8-9(15-7-14-8)16-11(13-2)17-10/h7H,3-6H2,1-2H3,(H3,13,14,15,16,17,18). The van der Waals surface area contributed by atoms with Crippen molar-refractivity contribution in [1.82, 2.24) is 19.9 Å². The largest absolute Gasteiger partial charge is 0.379 e. The highest BCUT2D eigenvalue weighted by atomic mass is 16.5. The Morgan fingerprint density at radius 1 is 1.42 bits per heavy atom. The molecule has 1 unspecified atom stereocenters. The zero-order valence-corrected chi connectivity index (χ0v) is 11.2. The van der Waals surface area contributed by atoms with Crippen molar-refractivity contribution in [3.63, 3.8) is 0 Å². The van der Waals surface area contributed by atoms with Crippen LogP contribution in [0.1, 0.15) is 19.8 Å². The molecular formula is C12H18N6O. The molecule has 7 heteroatoms. The number of nitrogens with one attached hydrogen (secondary N) is 3. The second-order valence-electron chi connectivity index (χ2n) is 5.09. The number of aromatic nitrogens is 4. The van der Waals surface area contributed by atoms with Crippen LogP contribution in [0.4, 0.5) is 11.8 Å². The molecule has 3 N–H and O–H groups in total. The summed E-state index contributed by atoms with van der Waals surface area (Å²) in [5.74, 6) is 1.32. The maximum atomic E-state index is 5.56. The zero-order chi connectivity index (χ0) is 13.3. The highest BCUT2D eigenvalue weighted by Gasteiger charge is 2.29. The molecule has 1 aliphatic heterocycles. The van der Waals surface area contributed by atoms with Gasteiger partial charge in [-0.2, -0.15) is 9.97 Å². The van der Waals surface area contributed by atoms with E-state index in [1.165, 1.54) is 0 Å². The fourth-order valence-electron chi connectivity index (χ4n) is 2.35. The molecule has 2 aromatic heterocycles. The molecule has 0 spiro atoms. The van der Waals surface area contributed by atoms with Gasteiger partial charge in [-0.05, 0) is 19.8 Å².